The SMILES string of the molecule is COc1ccc(Nc2nc(NC3CCCCCC3)nc(OC3CCN(C)CC3)n2)cc1Cl. The molecule has 174 valence electrons. The van der Waals surface area contributed by atoms with Gasteiger partial charge in [-0.15, -0.1) is 0 Å². The predicted octanol–water partition coefficient (Wildman–Crippen LogP) is 4.88. The molecule has 0 spiro atoms. The van der Waals surface area contributed by atoms with Gasteiger partial charge < -0.3 is 25.0 Å². The molecule has 8 nitrogen and oxygen atoms in total. The van der Waals surface area contributed by atoms with E-state index in [0.717, 1.165) is 44.5 Å². The Morgan fingerprint density at radius 2 is 1.69 bits per heavy atom. The van der Waals surface area contributed by atoms with Crippen LogP contribution in [0.2, 0.25) is 5.02 Å². The third kappa shape index (κ3) is 6.36. The molecule has 32 heavy (non-hydrogen) atoms. The average molecular weight is 461 g/mol. The number of nitrogens with one attached hydrogen (secondary N) is 2. The highest BCUT2D eigenvalue weighted by Gasteiger charge is 2.21. The number of benzene rings is 1. The van der Waals surface area contributed by atoms with Crippen molar-refractivity contribution in [1.29, 1.82) is 0 Å². The number of hydrogen-bond donors (Lipinski definition) is 2. The minimum Gasteiger partial charge on any atom is -0.495 e. The lowest BCUT2D eigenvalue weighted by molar-refractivity contribution is 0.105. The second kappa shape index (κ2) is 11.0. The summed E-state index contributed by atoms with van der Waals surface area (Å²) in [6.45, 7) is 2.02. The molecule has 2 N–H and O–H groups in total. The highest BCUT2D eigenvalue weighted by molar-refractivity contribution is 6.32. The fourth-order valence-electron chi connectivity index (χ4n) is 4.26. The molecule has 0 atom stereocenters. The molecule has 2 aromatic rings. The van der Waals surface area contributed by atoms with Crippen LogP contribution in [-0.4, -0.2) is 59.2 Å². The van der Waals surface area contributed by atoms with Gasteiger partial charge in [-0.3, -0.25) is 0 Å². The first kappa shape index (κ1) is 22.9. The van der Waals surface area contributed by atoms with E-state index in [9.17, 15) is 0 Å². The molecule has 1 aromatic carbocycles. The summed E-state index contributed by atoms with van der Waals surface area (Å²) < 4.78 is 11.4. The molecule has 0 unspecified atom stereocenters. The lowest BCUT2D eigenvalue weighted by Crippen LogP contribution is -2.36. The van der Waals surface area contributed by atoms with Gasteiger partial charge in [-0.1, -0.05) is 37.3 Å². The van der Waals surface area contributed by atoms with Gasteiger partial charge in [0.15, 0.2) is 0 Å². The lowest BCUT2D eigenvalue weighted by atomic mass is 10.1. The van der Waals surface area contributed by atoms with Crippen LogP contribution < -0.4 is 20.1 Å². The fraction of sp³-hybridized carbons (Fsp3) is 0.609. The van der Waals surface area contributed by atoms with Crippen LogP contribution >= 0.6 is 11.6 Å². The van der Waals surface area contributed by atoms with Crippen molar-refractivity contribution in [2.75, 3.05) is 37.9 Å². The summed E-state index contributed by atoms with van der Waals surface area (Å²) in [7, 11) is 3.73. The normalized spacial score (nSPS) is 18.7. The van der Waals surface area contributed by atoms with Gasteiger partial charge in [0.25, 0.3) is 0 Å². The Bertz CT molecular complexity index is 883. The number of methoxy groups -OCH3 is 1. The van der Waals surface area contributed by atoms with E-state index in [2.05, 4.69) is 37.5 Å². The summed E-state index contributed by atoms with van der Waals surface area (Å²) in [5.41, 5.74) is 0.771. The van der Waals surface area contributed by atoms with E-state index in [4.69, 9.17) is 21.1 Å². The third-order valence-electron chi connectivity index (χ3n) is 6.15. The van der Waals surface area contributed by atoms with Crippen molar-refractivity contribution < 1.29 is 9.47 Å². The summed E-state index contributed by atoms with van der Waals surface area (Å²) in [4.78, 5) is 16.1. The van der Waals surface area contributed by atoms with Crippen LogP contribution in [0.15, 0.2) is 18.2 Å². The Labute approximate surface area is 195 Å². The first-order valence-corrected chi connectivity index (χ1v) is 12.0. The molecule has 1 saturated carbocycles. The summed E-state index contributed by atoms with van der Waals surface area (Å²) >= 11 is 6.28. The Kier molecular flexibility index (Phi) is 7.86. The maximum atomic E-state index is 6.28. The van der Waals surface area contributed by atoms with Crippen LogP contribution in [0.1, 0.15) is 51.4 Å². The molecule has 0 bridgehead atoms. The van der Waals surface area contributed by atoms with Gasteiger partial charge in [0.05, 0.1) is 12.1 Å². The molecule has 9 heteroatoms. The number of halogens is 1. The van der Waals surface area contributed by atoms with E-state index in [1.54, 1.807) is 13.2 Å². The number of ether oxygens (including phenoxy) is 2. The molecule has 0 radical (unpaired) electrons. The maximum Gasteiger partial charge on any atom is 0.323 e. The van der Waals surface area contributed by atoms with Gasteiger partial charge >= 0.3 is 6.01 Å². The number of piperidine rings is 1. The van der Waals surface area contributed by atoms with Crippen molar-refractivity contribution in [2.24, 2.45) is 0 Å². The van der Waals surface area contributed by atoms with Crippen LogP contribution in [0, 0.1) is 0 Å². The minimum absolute atomic E-state index is 0.114. The average Bonchev–Trinajstić information content (AvgIpc) is 3.04. The zero-order valence-corrected chi connectivity index (χ0v) is 19.7. The Morgan fingerprint density at radius 1 is 0.969 bits per heavy atom. The summed E-state index contributed by atoms with van der Waals surface area (Å²) in [5.74, 6) is 1.60. The highest BCUT2D eigenvalue weighted by atomic mass is 35.5. The van der Waals surface area contributed by atoms with Gasteiger partial charge in [0.2, 0.25) is 11.9 Å². The molecule has 4 rings (SSSR count). The molecular formula is C23H33ClN6O2. The number of aromatic nitrogens is 3. The van der Waals surface area contributed by atoms with Crippen molar-refractivity contribution in [3.8, 4) is 11.8 Å². The van der Waals surface area contributed by atoms with Crippen molar-refractivity contribution >= 4 is 29.2 Å². The van der Waals surface area contributed by atoms with Crippen LogP contribution in [-0.2, 0) is 0 Å². The molecule has 1 aromatic heterocycles. The van der Waals surface area contributed by atoms with E-state index in [1.165, 1.54) is 25.7 Å². The number of hydrogen-bond acceptors (Lipinski definition) is 8. The molecule has 2 aliphatic rings. The van der Waals surface area contributed by atoms with E-state index in [1.807, 2.05) is 12.1 Å². The zero-order chi connectivity index (χ0) is 22.3. The van der Waals surface area contributed by atoms with Gasteiger partial charge in [-0.25, -0.2) is 0 Å². The third-order valence-corrected chi connectivity index (χ3v) is 6.44. The van der Waals surface area contributed by atoms with Crippen LogP contribution in [0.25, 0.3) is 0 Å². The minimum atomic E-state index is 0.114. The number of nitrogens with zero attached hydrogens (tertiary/aromatic N) is 4. The second-order valence-electron chi connectivity index (χ2n) is 8.69. The van der Waals surface area contributed by atoms with E-state index >= 15 is 0 Å². The smallest absolute Gasteiger partial charge is 0.323 e. The largest absolute Gasteiger partial charge is 0.495 e. The summed E-state index contributed by atoms with van der Waals surface area (Å²) in [6.07, 6.45) is 9.36. The Balaban J connectivity index is 1.53. The summed E-state index contributed by atoms with van der Waals surface area (Å²) in [6, 6.07) is 6.21. The predicted molar refractivity (Wildman–Crippen MR) is 127 cm³/mol. The molecule has 2 fully saturated rings. The molecule has 0 amide bonds. The van der Waals surface area contributed by atoms with Gasteiger partial charge in [0, 0.05) is 24.8 Å². The lowest BCUT2D eigenvalue weighted by Gasteiger charge is -2.28. The maximum absolute atomic E-state index is 6.28. The fourth-order valence-corrected chi connectivity index (χ4v) is 4.52. The van der Waals surface area contributed by atoms with Crippen molar-refractivity contribution in [2.45, 2.75) is 63.5 Å². The molecule has 1 saturated heterocycles. The Hall–Kier alpha value is -2.32. The van der Waals surface area contributed by atoms with E-state index in [0.29, 0.717) is 34.7 Å². The number of rotatable bonds is 7. The van der Waals surface area contributed by atoms with Crippen molar-refractivity contribution in [3.63, 3.8) is 0 Å². The molecule has 1 aliphatic heterocycles. The van der Waals surface area contributed by atoms with Crippen molar-refractivity contribution in [1.82, 2.24) is 19.9 Å². The van der Waals surface area contributed by atoms with Gasteiger partial charge in [-0.2, -0.15) is 15.0 Å². The number of likely N-dealkylation sites (tertiary alicyclic amines) is 1. The first-order valence-electron chi connectivity index (χ1n) is 11.6. The van der Waals surface area contributed by atoms with Crippen LogP contribution in [0.3, 0.4) is 0 Å². The summed E-state index contributed by atoms with van der Waals surface area (Å²) in [5, 5.41) is 7.28. The van der Waals surface area contributed by atoms with Crippen molar-refractivity contribution in [3.05, 3.63) is 23.2 Å². The first-order chi connectivity index (χ1) is 15.6. The van der Waals surface area contributed by atoms with Crippen LogP contribution in [0.4, 0.5) is 17.6 Å². The molecule has 2 heterocycles. The Morgan fingerprint density at radius 3 is 2.38 bits per heavy atom. The zero-order valence-electron chi connectivity index (χ0n) is 18.9. The monoisotopic (exact) mass is 460 g/mol. The van der Waals surface area contributed by atoms with E-state index < -0.39 is 0 Å². The van der Waals surface area contributed by atoms with Gasteiger partial charge in [0.1, 0.15) is 11.9 Å². The number of anilines is 3. The van der Waals surface area contributed by atoms with Crippen LogP contribution in [0.5, 0.6) is 11.8 Å². The second-order valence-corrected chi connectivity index (χ2v) is 9.10. The quantitative estimate of drug-likeness (QED) is 0.565. The molecular weight excluding hydrogens is 428 g/mol. The molecule has 1 aliphatic carbocycles. The topological polar surface area (TPSA) is 84.4 Å². The standard InChI is InChI=1S/C23H33ClN6O2/c1-30-13-11-18(12-14-30)32-23-28-21(25-16-7-5-3-4-6-8-16)27-22(29-23)26-17-9-10-20(31-2)19(24)15-17/h9-10,15-16,18H,3-8,11-14H2,1-2H3,(H2,25,26,27,28,29). The van der Waals surface area contributed by atoms with E-state index in [-0.39, 0.29) is 6.10 Å². The highest BCUT2D eigenvalue weighted by Crippen LogP contribution is 2.29. The van der Waals surface area contributed by atoms with Gasteiger partial charge in [-0.05, 0) is 50.9 Å².